The number of benzene rings is 2. The second kappa shape index (κ2) is 8.60. The summed E-state index contributed by atoms with van der Waals surface area (Å²) in [5.41, 5.74) is -4.05. The molecule has 0 unspecified atom stereocenters. The van der Waals surface area contributed by atoms with Crippen molar-refractivity contribution in [2.24, 2.45) is 11.8 Å². The van der Waals surface area contributed by atoms with Gasteiger partial charge in [-0.1, -0.05) is 81.4 Å². The third-order valence-corrected chi connectivity index (χ3v) is 13.4. The Bertz CT molecular complexity index is 1100. The Balaban J connectivity index is 1.55. The quantitative estimate of drug-likeness (QED) is 0.465. The van der Waals surface area contributed by atoms with Gasteiger partial charge in [-0.15, -0.1) is 0 Å². The van der Waals surface area contributed by atoms with Gasteiger partial charge in [0.25, 0.3) is 8.32 Å². The molecule has 36 heavy (non-hydrogen) atoms. The lowest BCUT2D eigenvalue weighted by Gasteiger charge is -2.47. The summed E-state index contributed by atoms with van der Waals surface area (Å²) in [5.74, 6) is -2.62. The summed E-state index contributed by atoms with van der Waals surface area (Å²) < 4.78 is 18.2. The van der Waals surface area contributed by atoms with Crippen molar-refractivity contribution in [2.75, 3.05) is 13.2 Å². The summed E-state index contributed by atoms with van der Waals surface area (Å²) in [6.07, 6.45) is -1.79. The van der Waals surface area contributed by atoms with Crippen molar-refractivity contribution >= 4 is 30.4 Å². The predicted molar refractivity (Wildman–Crippen MR) is 135 cm³/mol. The molecule has 5 rings (SSSR count). The molecule has 8 heteroatoms. The maximum Gasteiger partial charge on any atom is 0.309 e. The molecule has 192 valence electrons. The first kappa shape index (κ1) is 25.3. The molecule has 0 aromatic heterocycles. The number of carbonyl (C=O) groups is 2. The van der Waals surface area contributed by atoms with E-state index in [-0.39, 0.29) is 24.7 Å². The van der Waals surface area contributed by atoms with Gasteiger partial charge < -0.3 is 24.1 Å². The van der Waals surface area contributed by atoms with Crippen molar-refractivity contribution in [3.63, 3.8) is 0 Å². The highest BCUT2D eigenvalue weighted by Crippen LogP contribution is 2.53. The van der Waals surface area contributed by atoms with Crippen LogP contribution in [0.2, 0.25) is 5.04 Å². The maximum absolute atomic E-state index is 13.6. The third-order valence-electron chi connectivity index (χ3n) is 8.43. The highest BCUT2D eigenvalue weighted by atomic mass is 28.4. The van der Waals surface area contributed by atoms with Crippen LogP contribution in [0.1, 0.15) is 34.1 Å². The van der Waals surface area contributed by atoms with Crippen molar-refractivity contribution < 1.29 is 33.7 Å². The first-order chi connectivity index (χ1) is 16.9. The van der Waals surface area contributed by atoms with Gasteiger partial charge in [-0.2, -0.15) is 0 Å². The molecule has 3 aliphatic rings. The number of hydrogen-bond donors (Lipinski definition) is 2. The number of rotatable bonds is 5. The number of carbonyl (C=O) groups excluding carboxylic acids is 2. The predicted octanol–water partition coefficient (Wildman–Crippen LogP) is 1.57. The zero-order valence-electron chi connectivity index (χ0n) is 21.1. The van der Waals surface area contributed by atoms with Crippen molar-refractivity contribution in [3.8, 4) is 0 Å². The largest absolute Gasteiger partial charge is 0.456 e. The summed E-state index contributed by atoms with van der Waals surface area (Å²) in [4.78, 5) is 25.6. The Morgan fingerprint density at radius 2 is 1.56 bits per heavy atom. The van der Waals surface area contributed by atoms with Crippen molar-refractivity contribution in [1.29, 1.82) is 0 Å². The van der Waals surface area contributed by atoms with Crippen LogP contribution in [-0.4, -0.2) is 66.9 Å². The number of fused-ring (bicyclic) bond motifs is 3. The Kier molecular flexibility index (Phi) is 6.04. The standard InChI is InChI=1S/C28H34O7Si/c1-26(2,3)36(18-11-7-5-8-12-18,19-13-9-6-10-14-19)34-16-20-21-17-33-22-15-23(29)35-25(22)28(21,32)27(4,31)24(20)30/h5-14,20-22,25,31-32H,15-17H2,1-4H3/t20-,21+,22+,25-,27+,28+/m1/s1. The molecule has 0 radical (unpaired) electrons. The van der Waals surface area contributed by atoms with Gasteiger partial charge in [0.2, 0.25) is 0 Å². The highest BCUT2D eigenvalue weighted by Gasteiger charge is 2.74. The van der Waals surface area contributed by atoms with Crippen LogP contribution in [0.5, 0.6) is 0 Å². The molecule has 1 saturated carbocycles. The third kappa shape index (κ3) is 3.46. The van der Waals surface area contributed by atoms with Gasteiger partial charge in [0.15, 0.2) is 17.5 Å². The maximum atomic E-state index is 13.6. The minimum atomic E-state index is -2.95. The van der Waals surface area contributed by atoms with E-state index in [1.165, 1.54) is 6.92 Å². The molecule has 2 aromatic carbocycles. The van der Waals surface area contributed by atoms with E-state index in [1.807, 2.05) is 36.4 Å². The van der Waals surface area contributed by atoms with Gasteiger partial charge in [-0.05, 0) is 22.3 Å². The van der Waals surface area contributed by atoms with E-state index in [0.717, 1.165) is 10.4 Å². The van der Waals surface area contributed by atoms with Crippen LogP contribution >= 0.6 is 0 Å². The molecular weight excluding hydrogens is 476 g/mol. The normalized spacial score (nSPS) is 34.3. The Labute approximate surface area is 212 Å². The van der Waals surface area contributed by atoms with Gasteiger partial charge in [0.05, 0.1) is 18.9 Å². The lowest BCUT2D eigenvalue weighted by Crippen LogP contribution is -2.67. The second-order valence-corrected chi connectivity index (χ2v) is 15.7. The van der Waals surface area contributed by atoms with Crippen LogP contribution in [0.25, 0.3) is 0 Å². The van der Waals surface area contributed by atoms with E-state index in [1.54, 1.807) is 0 Å². The summed E-state index contributed by atoms with van der Waals surface area (Å²) in [6, 6.07) is 20.2. The summed E-state index contributed by atoms with van der Waals surface area (Å²) >= 11 is 0. The molecule has 2 aliphatic heterocycles. The zero-order chi connectivity index (χ0) is 25.9. The summed E-state index contributed by atoms with van der Waals surface area (Å²) in [7, 11) is -2.95. The lowest BCUT2D eigenvalue weighted by atomic mass is 9.73. The van der Waals surface area contributed by atoms with Gasteiger partial charge in [0.1, 0.15) is 11.7 Å². The van der Waals surface area contributed by atoms with Crippen LogP contribution < -0.4 is 10.4 Å². The van der Waals surface area contributed by atoms with E-state index < -0.39 is 55.3 Å². The average molecular weight is 511 g/mol. The first-order valence-electron chi connectivity index (χ1n) is 12.5. The molecule has 2 heterocycles. The Morgan fingerprint density at radius 1 is 1.00 bits per heavy atom. The molecule has 3 fully saturated rings. The minimum absolute atomic E-state index is 0.00390. The molecule has 2 saturated heterocycles. The zero-order valence-corrected chi connectivity index (χ0v) is 22.1. The molecule has 0 amide bonds. The molecule has 2 N–H and O–H groups in total. The fraction of sp³-hybridized carbons (Fsp3) is 0.500. The van der Waals surface area contributed by atoms with E-state index in [4.69, 9.17) is 13.9 Å². The Hall–Kier alpha value is -2.36. The summed E-state index contributed by atoms with van der Waals surface area (Å²) in [5, 5.41) is 25.0. The molecule has 6 atom stereocenters. The SMILES string of the molecule is CC(C)(C)[Si](OC[C@H]1C(=O)[C@](C)(O)[C@@]2(O)[C@@H]3OC(=O)C[C@@H]3OC[C@@H]12)(c1ccccc1)c1ccccc1. The van der Waals surface area contributed by atoms with E-state index in [9.17, 15) is 19.8 Å². The fourth-order valence-corrected chi connectivity index (χ4v) is 11.2. The van der Waals surface area contributed by atoms with E-state index in [2.05, 4.69) is 45.0 Å². The van der Waals surface area contributed by atoms with Crippen molar-refractivity contribution in [3.05, 3.63) is 60.7 Å². The second-order valence-electron chi connectivity index (χ2n) is 11.4. The van der Waals surface area contributed by atoms with Gasteiger partial charge in [0, 0.05) is 12.5 Å². The van der Waals surface area contributed by atoms with Crippen LogP contribution in [0.4, 0.5) is 0 Å². The molecule has 2 aromatic rings. The fourth-order valence-electron chi connectivity index (χ4n) is 6.59. The van der Waals surface area contributed by atoms with Crippen molar-refractivity contribution in [1.82, 2.24) is 0 Å². The first-order valence-corrected chi connectivity index (χ1v) is 14.4. The molecule has 0 spiro atoms. The molecule has 0 bridgehead atoms. The van der Waals surface area contributed by atoms with Crippen molar-refractivity contribution in [2.45, 2.75) is 62.6 Å². The van der Waals surface area contributed by atoms with Crippen LogP contribution in [0, 0.1) is 11.8 Å². The van der Waals surface area contributed by atoms with Gasteiger partial charge >= 0.3 is 5.97 Å². The highest BCUT2D eigenvalue weighted by molar-refractivity contribution is 6.99. The van der Waals surface area contributed by atoms with E-state index in [0.29, 0.717) is 0 Å². The lowest BCUT2D eigenvalue weighted by molar-refractivity contribution is -0.250. The number of hydrogen-bond acceptors (Lipinski definition) is 7. The topological polar surface area (TPSA) is 102 Å². The summed E-state index contributed by atoms with van der Waals surface area (Å²) in [6.45, 7) is 7.80. The van der Waals surface area contributed by atoms with Crippen LogP contribution in [-0.2, 0) is 23.5 Å². The number of esters is 1. The Morgan fingerprint density at radius 3 is 2.08 bits per heavy atom. The monoisotopic (exact) mass is 510 g/mol. The van der Waals surface area contributed by atoms with Gasteiger partial charge in [-0.25, -0.2) is 0 Å². The van der Waals surface area contributed by atoms with Gasteiger partial charge in [-0.3, -0.25) is 9.59 Å². The smallest absolute Gasteiger partial charge is 0.309 e. The number of Topliss-reactive ketones (excluding diaryl/α,β-unsaturated/α-hetero) is 1. The minimum Gasteiger partial charge on any atom is -0.456 e. The molecular formula is C28H34O7Si. The van der Waals surface area contributed by atoms with Crippen LogP contribution in [0.3, 0.4) is 0 Å². The number of aliphatic hydroxyl groups is 2. The van der Waals surface area contributed by atoms with E-state index >= 15 is 0 Å². The molecule has 7 nitrogen and oxygen atoms in total. The average Bonchev–Trinajstić information content (AvgIpc) is 3.30. The number of ketones is 1. The molecule has 1 aliphatic carbocycles. The van der Waals surface area contributed by atoms with Crippen LogP contribution in [0.15, 0.2) is 60.7 Å². The number of ether oxygens (including phenoxy) is 2.